The zero-order valence-electron chi connectivity index (χ0n) is 19.3. The minimum absolute atomic E-state index is 0.169. The molecule has 1 aromatic heterocycles. The molecule has 0 N–H and O–H groups in total. The van der Waals surface area contributed by atoms with Gasteiger partial charge in [0, 0.05) is 25.7 Å². The first-order chi connectivity index (χ1) is 14.4. The molecule has 0 unspecified atom stereocenters. The molecule has 9 heteroatoms. The summed E-state index contributed by atoms with van der Waals surface area (Å²) in [5, 5.41) is 0.571. The fourth-order valence-electron chi connectivity index (χ4n) is 3.65. The Morgan fingerprint density at radius 1 is 1.32 bits per heavy atom. The highest BCUT2D eigenvalue weighted by Crippen LogP contribution is 2.37. The zero-order valence-corrected chi connectivity index (χ0v) is 22.6. The van der Waals surface area contributed by atoms with Crippen LogP contribution in [0.1, 0.15) is 45.5 Å². The number of amides is 1. The average Bonchev–Trinajstić information content (AvgIpc) is 3.24. The molecule has 0 bridgehead atoms. The SMILES string of the molecule is CC(C)(C)OC(=O)N1CCC[C@H]1c1nc2c(Cl)c(Br)ccc2n1COCC[Si](C)(C)C. The highest BCUT2D eigenvalue weighted by molar-refractivity contribution is 9.10. The molecule has 2 aromatic rings. The number of hydrogen-bond acceptors (Lipinski definition) is 4. The van der Waals surface area contributed by atoms with E-state index in [1.165, 1.54) is 0 Å². The van der Waals surface area contributed by atoms with Crippen molar-refractivity contribution < 1.29 is 14.3 Å². The number of hydrogen-bond donors (Lipinski definition) is 0. The second-order valence-electron chi connectivity index (χ2n) is 10.3. The molecule has 6 nitrogen and oxygen atoms in total. The first-order valence-corrected chi connectivity index (χ1v) is 15.7. The highest BCUT2D eigenvalue weighted by Gasteiger charge is 2.36. The normalized spacial score (nSPS) is 17.5. The molecule has 1 amide bonds. The first-order valence-electron chi connectivity index (χ1n) is 10.8. The van der Waals surface area contributed by atoms with Crippen LogP contribution >= 0.6 is 27.5 Å². The van der Waals surface area contributed by atoms with E-state index < -0.39 is 13.7 Å². The molecule has 0 spiro atoms. The van der Waals surface area contributed by atoms with Crippen LogP contribution in [-0.4, -0.2) is 47.4 Å². The van der Waals surface area contributed by atoms with Gasteiger partial charge in [0.15, 0.2) is 0 Å². The third-order valence-electron chi connectivity index (χ3n) is 5.24. The standard InChI is InChI=1S/C22H33BrClN3O3Si/c1-22(2,3)30-21(28)26-11-7-8-17(26)20-25-19-16(10-9-15(23)18(19)24)27(20)14-29-12-13-31(4,5)6/h9-10,17H,7-8,11-14H2,1-6H3/t17-/m0/s1. The van der Waals surface area contributed by atoms with E-state index in [1.807, 2.05) is 32.9 Å². The van der Waals surface area contributed by atoms with Gasteiger partial charge in [-0.2, -0.15) is 0 Å². The van der Waals surface area contributed by atoms with Crippen LogP contribution in [0, 0.1) is 0 Å². The summed E-state index contributed by atoms with van der Waals surface area (Å²) in [4.78, 5) is 19.5. The molecule has 0 aliphatic carbocycles. The molecule has 1 fully saturated rings. The van der Waals surface area contributed by atoms with Crippen molar-refractivity contribution >= 4 is 52.7 Å². The molecule has 1 aliphatic rings. The fraction of sp³-hybridized carbons (Fsp3) is 0.636. The molecule has 1 aromatic carbocycles. The van der Waals surface area contributed by atoms with E-state index in [4.69, 9.17) is 26.1 Å². The van der Waals surface area contributed by atoms with Crippen molar-refractivity contribution in [3.05, 3.63) is 27.5 Å². The Bertz CT molecular complexity index is 952. The zero-order chi connectivity index (χ0) is 23.0. The van der Waals surface area contributed by atoms with Crippen molar-refractivity contribution in [2.24, 2.45) is 0 Å². The van der Waals surface area contributed by atoms with Crippen molar-refractivity contribution in [2.75, 3.05) is 13.2 Å². The van der Waals surface area contributed by atoms with E-state index in [0.29, 0.717) is 24.9 Å². The van der Waals surface area contributed by atoms with Gasteiger partial charge < -0.3 is 14.0 Å². The van der Waals surface area contributed by atoms with Crippen molar-refractivity contribution in [1.29, 1.82) is 0 Å². The third kappa shape index (κ3) is 6.03. The van der Waals surface area contributed by atoms with Crippen LogP contribution in [0.5, 0.6) is 0 Å². The number of rotatable bonds is 6. The Hall–Kier alpha value is -1.09. The van der Waals surface area contributed by atoms with Gasteiger partial charge in [-0.25, -0.2) is 9.78 Å². The maximum atomic E-state index is 12.9. The molecule has 1 aliphatic heterocycles. The first kappa shape index (κ1) is 24.5. The fourth-order valence-corrected chi connectivity index (χ4v) is 4.93. The van der Waals surface area contributed by atoms with Crippen LogP contribution in [0.3, 0.4) is 0 Å². The van der Waals surface area contributed by atoms with Crippen molar-refractivity contribution in [3.8, 4) is 0 Å². The average molecular weight is 531 g/mol. The number of carbonyl (C=O) groups is 1. The Morgan fingerprint density at radius 3 is 2.68 bits per heavy atom. The Labute approximate surface area is 199 Å². The molecule has 1 saturated heterocycles. The lowest BCUT2D eigenvalue weighted by Crippen LogP contribution is -2.37. The summed E-state index contributed by atoms with van der Waals surface area (Å²) in [6, 6.07) is 4.85. The third-order valence-corrected chi connectivity index (χ3v) is 8.21. The maximum Gasteiger partial charge on any atom is 0.410 e. The van der Waals surface area contributed by atoms with Crippen molar-refractivity contribution in [3.63, 3.8) is 0 Å². The van der Waals surface area contributed by atoms with Crippen LogP contribution < -0.4 is 0 Å². The molecular formula is C22H33BrClN3O3Si. The number of fused-ring (bicyclic) bond motifs is 1. The summed E-state index contributed by atoms with van der Waals surface area (Å²) in [6.45, 7) is 14.4. The minimum Gasteiger partial charge on any atom is -0.444 e. The van der Waals surface area contributed by atoms with Gasteiger partial charge in [-0.05, 0) is 67.7 Å². The largest absolute Gasteiger partial charge is 0.444 e. The van der Waals surface area contributed by atoms with Crippen molar-refractivity contribution in [2.45, 2.75) is 77.7 Å². The number of imidazole rings is 1. The van der Waals surface area contributed by atoms with Crippen LogP contribution in [0.2, 0.25) is 30.7 Å². The second-order valence-corrected chi connectivity index (χ2v) is 17.2. The quantitative estimate of drug-likeness (QED) is 0.303. The number of nitrogens with zero attached hydrogens (tertiary/aromatic N) is 3. The van der Waals surface area contributed by atoms with E-state index in [2.05, 4.69) is 40.1 Å². The lowest BCUT2D eigenvalue weighted by atomic mass is 10.2. The van der Waals surface area contributed by atoms with Gasteiger partial charge in [0.2, 0.25) is 0 Å². The van der Waals surface area contributed by atoms with Crippen LogP contribution in [0.25, 0.3) is 11.0 Å². The summed E-state index contributed by atoms with van der Waals surface area (Å²) in [5.74, 6) is 0.798. The lowest BCUT2D eigenvalue weighted by molar-refractivity contribution is 0.0205. The van der Waals surface area contributed by atoms with E-state index in [9.17, 15) is 4.79 Å². The highest BCUT2D eigenvalue weighted by atomic mass is 79.9. The van der Waals surface area contributed by atoms with Gasteiger partial charge in [-0.3, -0.25) is 4.90 Å². The van der Waals surface area contributed by atoms with Crippen LogP contribution in [0.15, 0.2) is 16.6 Å². The van der Waals surface area contributed by atoms with Crippen LogP contribution in [-0.2, 0) is 16.2 Å². The maximum absolute atomic E-state index is 12.9. The molecule has 3 rings (SSSR count). The van der Waals surface area contributed by atoms with Crippen molar-refractivity contribution in [1.82, 2.24) is 14.5 Å². The van der Waals surface area contributed by atoms with E-state index >= 15 is 0 Å². The molecule has 2 heterocycles. The molecule has 31 heavy (non-hydrogen) atoms. The molecule has 0 radical (unpaired) electrons. The summed E-state index contributed by atoms with van der Waals surface area (Å²) < 4.78 is 14.6. The number of likely N-dealkylation sites (tertiary alicyclic amines) is 1. The summed E-state index contributed by atoms with van der Waals surface area (Å²) >= 11 is 10.1. The molecule has 1 atom stereocenters. The molecule has 172 valence electrons. The Kier molecular flexibility index (Phi) is 7.45. The Balaban J connectivity index is 1.94. The molecular weight excluding hydrogens is 498 g/mol. The van der Waals surface area contributed by atoms with Gasteiger partial charge in [0.05, 0.1) is 16.6 Å². The van der Waals surface area contributed by atoms with Crippen LogP contribution in [0.4, 0.5) is 4.79 Å². The van der Waals surface area contributed by atoms with E-state index in [-0.39, 0.29) is 12.1 Å². The summed E-state index contributed by atoms with van der Waals surface area (Å²) in [6.07, 6.45) is 1.43. The summed E-state index contributed by atoms with van der Waals surface area (Å²) in [5.41, 5.74) is 1.08. The molecule has 0 saturated carbocycles. The van der Waals surface area contributed by atoms with Gasteiger partial charge >= 0.3 is 6.09 Å². The number of carbonyl (C=O) groups excluding carboxylic acids is 1. The van der Waals surface area contributed by atoms with Gasteiger partial charge in [0.1, 0.15) is 23.7 Å². The smallest absolute Gasteiger partial charge is 0.410 e. The van der Waals surface area contributed by atoms with Gasteiger partial charge in [-0.15, -0.1) is 0 Å². The number of aromatic nitrogens is 2. The summed E-state index contributed by atoms with van der Waals surface area (Å²) in [7, 11) is -1.18. The van der Waals surface area contributed by atoms with Gasteiger partial charge in [-0.1, -0.05) is 31.2 Å². The number of halogens is 2. The number of benzene rings is 1. The van der Waals surface area contributed by atoms with E-state index in [0.717, 1.165) is 40.2 Å². The lowest BCUT2D eigenvalue weighted by Gasteiger charge is -2.28. The minimum atomic E-state index is -1.18. The number of ether oxygens (including phenoxy) is 2. The second kappa shape index (κ2) is 9.41. The van der Waals surface area contributed by atoms with Gasteiger partial charge in [0.25, 0.3) is 0 Å². The topological polar surface area (TPSA) is 56.6 Å². The Morgan fingerprint density at radius 2 is 2.03 bits per heavy atom. The van der Waals surface area contributed by atoms with E-state index in [1.54, 1.807) is 4.90 Å². The predicted octanol–water partition coefficient (Wildman–Crippen LogP) is 6.84. The predicted molar refractivity (Wildman–Crippen MR) is 131 cm³/mol. The monoisotopic (exact) mass is 529 g/mol.